The first-order valence-electron chi connectivity index (χ1n) is 9.01. The van der Waals surface area contributed by atoms with Crippen molar-refractivity contribution in [3.05, 3.63) is 53.7 Å². The smallest absolute Gasteiger partial charge is 0.156 e. The lowest BCUT2D eigenvalue weighted by atomic mass is 9.84. The number of rotatable bonds is 3. The highest BCUT2D eigenvalue weighted by atomic mass is 14.9. The summed E-state index contributed by atoms with van der Waals surface area (Å²) >= 11 is 0. The van der Waals surface area contributed by atoms with Gasteiger partial charge in [0.05, 0.1) is 11.9 Å². The molecule has 5 nitrogen and oxygen atoms in total. The van der Waals surface area contributed by atoms with Gasteiger partial charge in [-0.25, -0.2) is 15.0 Å². The minimum atomic E-state index is -0.133. The van der Waals surface area contributed by atoms with Crippen molar-refractivity contribution in [2.24, 2.45) is 0 Å². The van der Waals surface area contributed by atoms with Gasteiger partial charge in [-0.2, -0.15) is 0 Å². The molecular formula is C21H25N5. The number of H-pyrrole nitrogens is 2. The summed E-state index contributed by atoms with van der Waals surface area (Å²) in [6.07, 6.45) is 6.56. The molecule has 2 N–H and O–H groups in total. The van der Waals surface area contributed by atoms with Gasteiger partial charge in [-0.05, 0) is 35.6 Å². The average Bonchev–Trinajstić information content (AvgIpc) is 3.17. The van der Waals surface area contributed by atoms with Gasteiger partial charge >= 0.3 is 0 Å². The van der Waals surface area contributed by atoms with Crippen LogP contribution in [0.3, 0.4) is 0 Å². The Morgan fingerprint density at radius 3 is 2.50 bits per heavy atom. The van der Waals surface area contributed by atoms with Crippen molar-refractivity contribution in [2.45, 2.75) is 51.9 Å². The van der Waals surface area contributed by atoms with E-state index in [-0.39, 0.29) is 10.8 Å². The molecule has 4 rings (SSSR count). The first-order valence-corrected chi connectivity index (χ1v) is 9.01. The Labute approximate surface area is 153 Å². The molecule has 134 valence electrons. The molecule has 26 heavy (non-hydrogen) atoms. The van der Waals surface area contributed by atoms with Crippen LogP contribution in [0.5, 0.6) is 0 Å². The SMILES string of the molecule is CC(C)(C)c1cnc2[nH]c(CC(C)(C)c3cnc4[nH]ccc4n3)cc2c1. The van der Waals surface area contributed by atoms with Crippen LogP contribution in [-0.4, -0.2) is 24.9 Å². The van der Waals surface area contributed by atoms with E-state index in [0.29, 0.717) is 0 Å². The zero-order valence-corrected chi connectivity index (χ0v) is 16.0. The Morgan fingerprint density at radius 2 is 1.73 bits per heavy atom. The van der Waals surface area contributed by atoms with Gasteiger partial charge < -0.3 is 9.97 Å². The van der Waals surface area contributed by atoms with Crippen molar-refractivity contribution in [1.29, 1.82) is 0 Å². The number of aromatic amines is 2. The quantitative estimate of drug-likeness (QED) is 0.566. The first-order chi connectivity index (χ1) is 12.2. The molecular weight excluding hydrogens is 322 g/mol. The molecule has 0 radical (unpaired) electrons. The van der Waals surface area contributed by atoms with E-state index in [4.69, 9.17) is 4.98 Å². The van der Waals surface area contributed by atoms with E-state index in [1.54, 1.807) is 0 Å². The number of hydrogen-bond acceptors (Lipinski definition) is 3. The Balaban J connectivity index is 1.66. The fourth-order valence-corrected chi connectivity index (χ4v) is 3.30. The van der Waals surface area contributed by atoms with Gasteiger partial charge in [0.15, 0.2) is 5.65 Å². The summed E-state index contributed by atoms with van der Waals surface area (Å²) < 4.78 is 0. The fraction of sp³-hybridized carbons (Fsp3) is 0.381. The van der Waals surface area contributed by atoms with E-state index in [0.717, 1.165) is 34.3 Å². The van der Waals surface area contributed by atoms with Crippen LogP contribution >= 0.6 is 0 Å². The number of aromatic nitrogens is 5. The topological polar surface area (TPSA) is 70.2 Å². The van der Waals surface area contributed by atoms with Crippen LogP contribution in [0, 0.1) is 0 Å². The van der Waals surface area contributed by atoms with Crippen LogP contribution in [0.25, 0.3) is 22.2 Å². The van der Waals surface area contributed by atoms with E-state index < -0.39 is 0 Å². The molecule has 0 saturated carbocycles. The van der Waals surface area contributed by atoms with Crippen molar-refractivity contribution < 1.29 is 0 Å². The second-order valence-electron chi connectivity index (χ2n) is 8.73. The highest BCUT2D eigenvalue weighted by molar-refractivity contribution is 5.77. The Kier molecular flexibility index (Phi) is 3.65. The summed E-state index contributed by atoms with van der Waals surface area (Å²) in [7, 11) is 0. The molecule has 4 heterocycles. The van der Waals surface area contributed by atoms with Gasteiger partial charge in [0, 0.05) is 28.9 Å². The van der Waals surface area contributed by atoms with Crippen molar-refractivity contribution in [2.75, 3.05) is 0 Å². The number of pyridine rings is 1. The van der Waals surface area contributed by atoms with Gasteiger partial charge in [0.25, 0.3) is 0 Å². The second-order valence-corrected chi connectivity index (χ2v) is 8.73. The molecule has 0 saturated heterocycles. The van der Waals surface area contributed by atoms with Gasteiger partial charge in [-0.3, -0.25) is 0 Å². The summed E-state index contributed by atoms with van der Waals surface area (Å²) in [4.78, 5) is 20.4. The van der Waals surface area contributed by atoms with Gasteiger partial charge in [0.1, 0.15) is 11.2 Å². The lowest BCUT2D eigenvalue weighted by molar-refractivity contribution is 0.500. The molecule has 0 aliphatic rings. The minimum Gasteiger partial charge on any atom is -0.345 e. The fourth-order valence-electron chi connectivity index (χ4n) is 3.30. The molecule has 0 spiro atoms. The van der Waals surface area contributed by atoms with Crippen LogP contribution in [0.4, 0.5) is 0 Å². The summed E-state index contributed by atoms with van der Waals surface area (Å²) in [5, 5.41) is 1.16. The lowest BCUT2D eigenvalue weighted by Crippen LogP contribution is -2.22. The van der Waals surface area contributed by atoms with Crippen molar-refractivity contribution >= 4 is 22.2 Å². The van der Waals surface area contributed by atoms with E-state index >= 15 is 0 Å². The number of nitrogens with one attached hydrogen (secondary N) is 2. The van der Waals surface area contributed by atoms with Crippen LogP contribution < -0.4 is 0 Å². The summed E-state index contributed by atoms with van der Waals surface area (Å²) in [5.41, 5.74) is 6.05. The Morgan fingerprint density at radius 1 is 0.962 bits per heavy atom. The molecule has 0 fully saturated rings. The highest BCUT2D eigenvalue weighted by Gasteiger charge is 2.25. The zero-order valence-electron chi connectivity index (χ0n) is 16.0. The third kappa shape index (κ3) is 2.98. The van der Waals surface area contributed by atoms with E-state index in [2.05, 4.69) is 66.7 Å². The van der Waals surface area contributed by atoms with Crippen LogP contribution in [0.2, 0.25) is 0 Å². The average molecular weight is 347 g/mol. The zero-order chi connectivity index (χ0) is 18.5. The normalized spacial score (nSPS) is 13.0. The largest absolute Gasteiger partial charge is 0.345 e. The molecule has 0 unspecified atom stereocenters. The summed E-state index contributed by atoms with van der Waals surface area (Å²) in [6, 6.07) is 6.41. The van der Waals surface area contributed by atoms with Crippen LogP contribution in [-0.2, 0) is 17.3 Å². The molecule has 0 aliphatic carbocycles. The van der Waals surface area contributed by atoms with E-state index in [9.17, 15) is 0 Å². The summed E-state index contributed by atoms with van der Waals surface area (Å²) in [6.45, 7) is 11.0. The summed E-state index contributed by atoms with van der Waals surface area (Å²) in [5.74, 6) is 0. The molecule has 4 aromatic rings. The lowest BCUT2D eigenvalue weighted by Gasteiger charge is -2.23. The van der Waals surface area contributed by atoms with E-state index in [1.165, 1.54) is 11.3 Å². The van der Waals surface area contributed by atoms with Crippen LogP contribution in [0.1, 0.15) is 51.6 Å². The van der Waals surface area contributed by atoms with Crippen molar-refractivity contribution in [3.8, 4) is 0 Å². The monoisotopic (exact) mass is 347 g/mol. The maximum absolute atomic E-state index is 4.78. The predicted octanol–water partition coefficient (Wildman–Crippen LogP) is 4.65. The maximum Gasteiger partial charge on any atom is 0.156 e. The van der Waals surface area contributed by atoms with Gasteiger partial charge in [-0.1, -0.05) is 34.6 Å². The maximum atomic E-state index is 4.78. The van der Waals surface area contributed by atoms with Crippen LogP contribution in [0.15, 0.2) is 36.8 Å². The number of hydrogen-bond donors (Lipinski definition) is 2. The standard InChI is InChI=1S/C21H25N5/c1-20(2,3)14-8-13-9-15(25-18(13)23-11-14)10-21(4,5)17-12-24-19-16(26-17)6-7-22-19/h6-9,11-12H,10H2,1-5H3,(H,22,24)(H,23,25). The molecule has 5 heteroatoms. The molecule has 0 aromatic carbocycles. The third-order valence-electron chi connectivity index (χ3n) is 4.98. The minimum absolute atomic E-state index is 0.0967. The highest BCUT2D eigenvalue weighted by Crippen LogP contribution is 2.29. The van der Waals surface area contributed by atoms with Gasteiger partial charge in [0.2, 0.25) is 0 Å². The van der Waals surface area contributed by atoms with E-state index in [1.807, 2.05) is 24.7 Å². The number of fused-ring (bicyclic) bond motifs is 2. The Bertz CT molecular complexity index is 1080. The molecule has 4 aromatic heterocycles. The Hall–Kier alpha value is -2.69. The molecule has 0 atom stereocenters. The predicted molar refractivity (Wildman–Crippen MR) is 105 cm³/mol. The first kappa shape index (κ1) is 16.8. The van der Waals surface area contributed by atoms with Crippen molar-refractivity contribution in [1.82, 2.24) is 24.9 Å². The molecule has 0 aliphatic heterocycles. The second kappa shape index (κ2) is 5.66. The number of nitrogens with zero attached hydrogens (tertiary/aromatic N) is 3. The molecule has 0 bridgehead atoms. The van der Waals surface area contributed by atoms with Crippen molar-refractivity contribution in [3.63, 3.8) is 0 Å². The third-order valence-corrected chi connectivity index (χ3v) is 4.98. The molecule has 0 amide bonds. The van der Waals surface area contributed by atoms with Gasteiger partial charge in [-0.15, -0.1) is 0 Å².